The van der Waals surface area contributed by atoms with E-state index in [2.05, 4.69) is 11.3 Å². The number of rotatable bonds is 3. The Morgan fingerprint density at radius 2 is 2.13 bits per heavy atom. The van der Waals surface area contributed by atoms with Gasteiger partial charge in [-0.05, 0) is 30.7 Å². The number of halogens is 4. The summed E-state index contributed by atoms with van der Waals surface area (Å²) in [4.78, 5) is 0. The molecule has 7 heteroatoms. The Labute approximate surface area is 131 Å². The number of hydrogen-bond donors (Lipinski definition) is 1. The van der Waals surface area contributed by atoms with Crippen molar-refractivity contribution in [2.24, 2.45) is 5.92 Å². The molecule has 1 aliphatic heterocycles. The zero-order valence-corrected chi connectivity index (χ0v) is 12.7. The summed E-state index contributed by atoms with van der Waals surface area (Å²) in [6.07, 6.45) is 0.539. The van der Waals surface area contributed by atoms with Gasteiger partial charge in [0, 0.05) is 12.5 Å². The second-order valence-electron chi connectivity index (χ2n) is 5.24. The Morgan fingerprint density at radius 3 is 2.70 bits per heavy atom. The van der Waals surface area contributed by atoms with Crippen LogP contribution in [0.3, 0.4) is 0 Å². The predicted molar refractivity (Wildman–Crippen MR) is 78.6 cm³/mol. The number of anilines is 1. The quantitative estimate of drug-likeness (QED) is 0.679. The van der Waals surface area contributed by atoms with Crippen molar-refractivity contribution in [3.8, 4) is 12.3 Å². The first kappa shape index (κ1) is 17.2. The summed E-state index contributed by atoms with van der Waals surface area (Å²) in [6.45, 7) is 2.73. The Kier molecular flexibility index (Phi) is 4.85. The van der Waals surface area contributed by atoms with E-state index in [1.165, 1.54) is 32.0 Å². The average Bonchev–Trinajstić information content (AvgIpc) is 2.46. The molecular weight excluding hydrogens is 312 g/mol. The van der Waals surface area contributed by atoms with Crippen molar-refractivity contribution < 1.29 is 22.3 Å². The van der Waals surface area contributed by atoms with E-state index in [0.717, 1.165) is 5.01 Å². The van der Waals surface area contributed by atoms with Crippen LogP contribution in [-0.4, -0.2) is 19.3 Å². The molecule has 0 radical (unpaired) electrons. The van der Waals surface area contributed by atoms with Gasteiger partial charge in [0.05, 0.1) is 11.3 Å². The van der Waals surface area contributed by atoms with Gasteiger partial charge < -0.3 is 4.74 Å². The number of hydrazine groups is 1. The molecule has 2 rings (SSSR count). The molecule has 0 fully saturated rings. The van der Waals surface area contributed by atoms with Crippen molar-refractivity contribution in [2.45, 2.75) is 20.0 Å². The lowest BCUT2D eigenvalue weighted by Gasteiger charge is -2.36. The Morgan fingerprint density at radius 1 is 1.43 bits per heavy atom. The van der Waals surface area contributed by atoms with Gasteiger partial charge in [0.1, 0.15) is 5.82 Å². The first-order chi connectivity index (χ1) is 10.8. The minimum absolute atomic E-state index is 0.0637. The van der Waals surface area contributed by atoms with Crippen molar-refractivity contribution in [1.29, 1.82) is 0 Å². The summed E-state index contributed by atoms with van der Waals surface area (Å²) in [5, 5.41) is 1.16. The molecule has 1 aliphatic rings. The third-order valence-corrected chi connectivity index (χ3v) is 3.48. The van der Waals surface area contributed by atoms with Crippen LogP contribution in [0, 0.1) is 31.0 Å². The van der Waals surface area contributed by atoms with Gasteiger partial charge in [-0.1, -0.05) is 12.8 Å². The SMILES string of the molecule is C#CCOC1=C(C(F)(F)F)C(C)CNN1c1ccc(F)c(C)c1. The molecule has 3 nitrogen and oxygen atoms in total. The molecule has 23 heavy (non-hydrogen) atoms. The van der Waals surface area contributed by atoms with Crippen LogP contribution in [0.2, 0.25) is 0 Å². The molecule has 1 aromatic rings. The van der Waals surface area contributed by atoms with Crippen LogP contribution in [-0.2, 0) is 4.74 Å². The van der Waals surface area contributed by atoms with Gasteiger partial charge in [-0.15, -0.1) is 6.42 Å². The number of terminal acetylenes is 1. The van der Waals surface area contributed by atoms with Crippen LogP contribution in [0.25, 0.3) is 0 Å². The lowest BCUT2D eigenvalue weighted by molar-refractivity contribution is -0.104. The number of aryl methyl sites for hydroxylation is 1. The van der Waals surface area contributed by atoms with Crippen LogP contribution in [0.5, 0.6) is 0 Å². The van der Waals surface area contributed by atoms with Crippen LogP contribution in [0.15, 0.2) is 29.7 Å². The van der Waals surface area contributed by atoms with Crippen LogP contribution in [0.1, 0.15) is 12.5 Å². The van der Waals surface area contributed by atoms with Crippen molar-refractivity contribution in [3.05, 3.63) is 41.0 Å². The first-order valence-corrected chi connectivity index (χ1v) is 6.93. The minimum Gasteiger partial charge on any atom is -0.465 e. The highest BCUT2D eigenvalue weighted by atomic mass is 19.4. The van der Waals surface area contributed by atoms with E-state index in [4.69, 9.17) is 11.2 Å². The molecule has 1 unspecified atom stereocenters. The predicted octanol–water partition coefficient (Wildman–Crippen LogP) is 3.52. The molecule has 1 aromatic carbocycles. The molecular formula is C16H16F4N2O. The third kappa shape index (κ3) is 3.59. The molecule has 0 bridgehead atoms. The molecule has 1 atom stereocenters. The molecule has 1 N–H and O–H groups in total. The summed E-state index contributed by atoms with van der Waals surface area (Å²) >= 11 is 0. The van der Waals surface area contributed by atoms with Crippen molar-refractivity contribution in [1.82, 2.24) is 5.43 Å². The Bertz CT molecular complexity index is 661. The Balaban J connectivity index is 2.54. The van der Waals surface area contributed by atoms with Gasteiger partial charge in [-0.3, -0.25) is 0 Å². The highest BCUT2D eigenvalue weighted by Crippen LogP contribution is 2.38. The van der Waals surface area contributed by atoms with E-state index < -0.39 is 29.4 Å². The van der Waals surface area contributed by atoms with E-state index in [1.54, 1.807) is 0 Å². The maximum Gasteiger partial charge on any atom is 0.418 e. The van der Waals surface area contributed by atoms with Gasteiger partial charge in [0.2, 0.25) is 5.88 Å². The first-order valence-electron chi connectivity index (χ1n) is 6.93. The number of nitrogens with one attached hydrogen (secondary N) is 1. The molecule has 0 saturated heterocycles. The van der Waals surface area contributed by atoms with Gasteiger partial charge in [-0.25, -0.2) is 14.8 Å². The average molecular weight is 328 g/mol. The Hall–Kier alpha value is -2.20. The van der Waals surface area contributed by atoms with Gasteiger partial charge >= 0.3 is 6.18 Å². The van der Waals surface area contributed by atoms with Crippen LogP contribution < -0.4 is 10.4 Å². The molecule has 0 saturated carbocycles. The fraction of sp³-hybridized carbons (Fsp3) is 0.375. The molecule has 0 aromatic heterocycles. The van der Waals surface area contributed by atoms with Crippen molar-refractivity contribution in [2.75, 3.05) is 18.2 Å². The van der Waals surface area contributed by atoms with Gasteiger partial charge in [0.25, 0.3) is 0 Å². The second kappa shape index (κ2) is 6.50. The summed E-state index contributed by atoms with van der Waals surface area (Å²) in [7, 11) is 0. The summed E-state index contributed by atoms with van der Waals surface area (Å²) < 4.78 is 58.8. The van der Waals surface area contributed by atoms with Crippen molar-refractivity contribution in [3.63, 3.8) is 0 Å². The highest BCUT2D eigenvalue weighted by molar-refractivity contribution is 5.53. The normalized spacial score (nSPS) is 18.8. The molecule has 0 spiro atoms. The van der Waals surface area contributed by atoms with E-state index in [9.17, 15) is 17.6 Å². The molecule has 0 aliphatic carbocycles. The van der Waals surface area contributed by atoms with Gasteiger partial charge in [0.15, 0.2) is 6.61 Å². The lowest BCUT2D eigenvalue weighted by Crippen LogP contribution is -2.48. The highest BCUT2D eigenvalue weighted by Gasteiger charge is 2.44. The lowest BCUT2D eigenvalue weighted by atomic mass is 9.99. The maximum absolute atomic E-state index is 13.4. The van der Waals surface area contributed by atoms with E-state index in [1.807, 2.05) is 0 Å². The van der Waals surface area contributed by atoms with E-state index in [0.29, 0.717) is 11.3 Å². The number of benzene rings is 1. The number of hydrogen-bond acceptors (Lipinski definition) is 3. The summed E-state index contributed by atoms with van der Waals surface area (Å²) in [6, 6.07) is 4.00. The maximum atomic E-state index is 13.4. The molecule has 1 heterocycles. The summed E-state index contributed by atoms with van der Waals surface area (Å²) in [5.74, 6) is 0.509. The van der Waals surface area contributed by atoms with Crippen LogP contribution >= 0.6 is 0 Å². The van der Waals surface area contributed by atoms with Crippen molar-refractivity contribution >= 4 is 5.69 Å². The van der Waals surface area contributed by atoms with E-state index in [-0.39, 0.29) is 13.2 Å². The largest absolute Gasteiger partial charge is 0.465 e. The van der Waals surface area contributed by atoms with Gasteiger partial charge in [-0.2, -0.15) is 13.2 Å². The number of alkyl halides is 3. The smallest absolute Gasteiger partial charge is 0.418 e. The second-order valence-corrected chi connectivity index (χ2v) is 5.24. The fourth-order valence-corrected chi connectivity index (χ4v) is 2.36. The number of nitrogens with zero attached hydrogens (tertiary/aromatic N) is 1. The standard InChI is InChI=1S/C16H16F4N2O/c1-4-7-23-15-14(16(18,19)20)11(3)9-21-22(15)12-5-6-13(17)10(2)8-12/h1,5-6,8,11,21H,7,9H2,2-3H3. The molecule has 0 amide bonds. The molecule has 124 valence electrons. The number of ether oxygens (including phenoxy) is 1. The fourth-order valence-electron chi connectivity index (χ4n) is 2.36. The topological polar surface area (TPSA) is 24.5 Å². The van der Waals surface area contributed by atoms with E-state index >= 15 is 0 Å². The zero-order chi connectivity index (χ0) is 17.2. The third-order valence-electron chi connectivity index (χ3n) is 3.48. The van der Waals surface area contributed by atoms with Crippen LogP contribution in [0.4, 0.5) is 23.2 Å². The monoisotopic (exact) mass is 328 g/mol. The zero-order valence-electron chi connectivity index (χ0n) is 12.7. The summed E-state index contributed by atoms with van der Waals surface area (Å²) in [5.41, 5.74) is 2.70. The minimum atomic E-state index is -4.56.